The number of fused-ring (bicyclic) bond motifs is 9. The standard InChI is InChI=1S/C72H62N2O2/c1-4-6-31-64(73-65(44-48(5-2)47(3)49-21-10-7-11-22-49)53-36-34-52(35-37-53)50-23-12-8-13-24-50)59-30-20-29-58-62-43-55(39-41-70(62)76-72(58)59)60-45-63-57-28-17-19-33-69(57)75-71(63)46-68(60)74-66-32-18-16-27-56(66)61-42-54(38-40-67(61)74)51-25-14-9-15-26-51/h7-30,32-43,45-46,57,64-65,69,73H,4-6,31,44H2,1-3H3/b48-47+. The molecule has 0 spiro atoms. The van der Waals surface area contributed by atoms with Gasteiger partial charge in [0, 0.05) is 62.3 Å². The lowest BCUT2D eigenvalue weighted by Gasteiger charge is -2.28. The molecule has 11 aromatic rings. The monoisotopic (exact) mass is 986 g/mol. The smallest absolute Gasteiger partial charge is 0.140 e. The van der Waals surface area contributed by atoms with E-state index in [1.54, 1.807) is 0 Å². The van der Waals surface area contributed by atoms with Crippen LogP contribution in [-0.4, -0.2) is 10.7 Å². The van der Waals surface area contributed by atoms with Crippen molar-refractivity contribution in [2.75, 3.05) is 0 Å². The minimum Gasteiger partial charge on any atom is -0.485 e. The summed E-state index contributed by atoms with van der Waals surface area (Å²) in [5, 5.41) is 9.00. The van der Waals surface area contributed by atoms with Crippen LogP contribution in [0.2, 0.25) is 0 Å². The summed E-state index contributed by atoms with van der Waals surface area (Å²) in [6.45, 7) is 6.90. The molecule has 4 heteroatoms. The highest BCUT2D eigenvalue weighted by molar-refractivity contribution is 6.12. The first-order chi connectivity index (χ1) is 37.5. The summed E-state index contributed by atoms with van der Waals surface area (Å²) in [6.07, 6.45) is 13.7. The maximum atomic E-state index is 7.10. The van der Waals surface area contributed by atoms with Gasteiger partial charge in [0.1, 0.15) is 23.0 Å². The Morgan fingerprint density at radius 1 is 0.566 bits per heavy atom. The van der Waals surface area contributed by atoms with E-state index in [-0.39, 0.29) is 24.1 Å². The van der Waals surface area contributed by atoms with E-state index in [0.717, 1.165) is 87.6 Å². The molecule has 0 saturated carbocycles. The first-order valence-electron chi connectivity index (χ1n) is 27.4. The molecular weight excluding hydrogens is 925 g/mol. The molecule has 4 atom stereocenters. The molecule has 3 heterocycles. The number of allylic oxidation sites excluding steroid dienone is 3. The van der Waals surface area contributed by atoms with E-state index >= 15 is 0 Å². The van der Waals surface area contributed by atoms with Crippen LogP contribution >= 0.6 is 0 Å². The fourth-order valence-electron chi connectivity index (χ4n) is 12.3. The van der Waals surface area contributed by atoms with Crippen molar-refractivity contribution in [2.45, 2.75) is 77.0 Å². The zero-order valence-electron chi connectivity index (χ0n) is 43.5. The summed E-state index contributed by atoms with van der Waals surface area (Å²) < 4.78 is 16.3. The van der Waals surface area contributed by atoms with Gasteiger partial charge in [-0.15, -0.1) is 0 Å². The van der Waals surface area contributed by atoms with E-state index in [1.807, 2.05) is 0 Å². The number of benzene rings is 9. The minimum absolute atomic E-state index is 0.0339. The largest absolute Gasteiger partial charge is 0.485 e. The highest BCUT2D eigenvalue weighted by Gasteiger charge is 2.34. The van der Waals surface area contributed by atoms with Crippen LogP contribution in [0, 0.1) is 0 Å². The Balaban J connectivity index is 0.934. The number of hydrogen-bond donors (Lipinski definition) is 1. The normalized spacial score (nSPS) is 16.0. The van der Waals surface area contributed by atoms with E-state index in [2.05, 4.69) is 261 Å². The minimum atomic E-state index is -0.0339. The van der Waals surface area contributed by atoms with Gasteiger partial charge in [0.25, 0.3) is 0 Å². The molecule has 2 aliphatic rings. The van der Waals surface area contributed by atoms with Gasteiger partial charge in [-0.05, 0) is 113 Å². The van der Waals surface area contributed by atoms with Gasteiger partial charge in [-0.2, -0.15) is 0 Å². The lowest BCUT2D eigenvalue weighted by molar-refractivity contribution is 0.269. The summed E-state index contributed by atoms with van der Waals surface area (Å²) in [7, 11) is 0. The predicted molar refractivity (Wildman–Crippen MR) is 318 cm³/mol. The average molecular weight is 987 g/mol. The van der Waals surface area contributed by atoms with Crippen LogP contribution in [0.3, 0.4) is 0 Å². The zero-order valence-corrected chi connectivity index (χ0v) is 43.5. The second-order valence-electron chi connectivity index (χ2n) is 20.8. The molecule has 13 rings (SSSR count). The van der Waals surface area contributed by atoms with Crippen LogP contribution in [0.4, 0.5) is 0 Å². The number of furan rings is 1. The number of para-hydroxylation sites is 2. The van der Waals surface area contributed by atoms with Crippen LogP contribution in [0.1, 0.15) is 93.1 Å². The first-order valence-corrected chi connectivity index (χ1v) is 27.4. The molecule has 4 nitrogen and oxygen atoms in total. The Morgan fingerprint density at radius 2 is 1.22 bits per heavy atom. The van der Waals surface area contributed by atoms with Gasteiger partial charge in [-0.1, -0.05) is 214 Å². The number of nitrogens with zero attached hydrogens (tertiary/aromatic N) is 1. The molecule has 1 aliphatic carbocycles. The second-order valence-corrected chi connectivity index (χ2v) is 20.8. The van der Waals surface area contributed by atoms with E-state index in [4.69, 9.17) is 9.15 Å². The lowest BCUT2D eigenvalue weighted by Crippen LogP contribution is -2.27. The van der Waals surface area contributed by atoms with Gasteiger partial charge in [0.15, 0.2) is 0 Å². The van der Waals surface area contributed by atoms with Crippen molar-refractivity contribution in [3.63, 3.8) is 0 Å². The van der Waals surface area contributed by atoms with Crippen LogP contribution in [0.15, 0.2) is 241 Å². The van der Waals surface area contributed by atoms with Crippen LogP contribution in [0.25, 0.3) is 88.4 Å². The number of rotatable bonds is 15. The fourth-order valence-corrected chi connectivity index (χ4v) is 12.3. The third-order valence-corrected chi connectivity index (χ3v) is 16.4. The van der Waals surface area contributed by atoms with E-state index in [1.165, 1.54) is 66.4 Å². The van der Waals surface area contributed by atoms with Crippen molar-refractivity contribution in [3.8, 4) is 44.8 Å². The predicted octanol–water partition coefficient (Wildman–Crippen LogP) is 19.5. The third-order valence-electron chi connectivity index (χ3n) is 16.4. The highest BCUT2D eigenvalue weighted by Crippen LogP contribution is 2.48. The summed E-state index contributed by atoms with van der Waals surface area (Å²) >= 11 is 0. The Kier molecular flexibility index (Phi) is 12.7. The number of hydrogen-bond acceptors (Lipinski definition) is 3. The van der Waals surface area contributed by atoms with Crippen molar-refractivity contribution < 1.29 is 9.15 Å². The topological polar surface area (TPSA) is 39.3 Å². The maximum absolute atomic E-state index is 7.10. The SMILES string of the molecule is CCCCC(NC(C/C(CC)=C(\C)c1ccccc1)c1ccc(-c2ccccc2)cc1)c1cccc2c1oc1ccc(-c3cc4c(cc3-n3c5ccccc5c5cc(-c6ccccc6)ccc53)OC3C=CC=CC43)cc12. The van der Waals surface area contributed by atoms with Crippen molar-refractivity contribution in [1.29, 1.82) is 0 Å². The Hall–Kier alpha value is -8.44. The van der Waals surface area contributed by atoms with Gasteiger partial charge in [0.2, 0.25) is 0 Å². The van der Waals surface area contributed by atoms with Crippen LogP contribution in [-0.2, 0) is 0 Å². The fraction of sp³-hybridized carbons (Fsp3) is 0.167. The first kappa shape index (κ1) is 47.3. The summed E-state index contributed by atoms with van der Waals surface area (Å²) in [4.78, 5) is 0. The van der Waals surface area contributed by atoms with Crippen molar-refractivity contribution in [2.24, 2.45) is 0 Å². The molecule has 0 fully saturated rings. The third kappa shape index (κ3) is 8.67. The molecular formula is C72H62N2O2. The van der Waals surface area contributed by atoms with Crippen molar-refractivity contribution >= 4 is 49.3 Å². The summed E-state index contributed by atoms with van der Waals surface area (Å²) in [5.74, 6) is 1.08. The zero-order chi connectivity index (χ0) is 51.1. The summed E-state index contributed by atoms with van der Waals surface area (Å²) in [6, 6.07) is 75.7. The molecule has 9 aromatic carbocycles. The second kappa shape index (κ2) is 20.4. The molecule has 4 unspecified atom stereocenters. The molecule has 372 valence electrons. The molecule has 0 bridgehead atoms. The molecule has 0 radical (unpaired) electrons. The number of aromatic nitrogens is 1. The molecule has 0 amide bonds. The van der Waals surface area contributed by atoms with Gasteiger partial charge < -0.3 is 19.0 Å². The average Bonchev–Trinajstić information content (AvgIpc) is 4.21. The number of ether oxygens (including phenoxy) is 1. The molecule has 76 heavy (non-hydrogen) atoms. The van der Waals surface area contributed by atoms with Gasteiger partial charge in [-0.25, -0.2) is 0 Å². The van der Waals surface area contributed by atoms with Gasteiger partial charge in [0.05, 0.1) is 16.7 Å². The van der Waals surface area contributed by atoms with Crippen molar-refractivity contribution in [1.82, 2.24) is 9.88 Å². The van der Waals surface area contributed by atoms with Crippen molar-refractivity contribution in [3.05, 3.63) is 258 Å². The molecule has 1 aliphatic heterocycles. The van der Waals surface area contributed by atoms with E-state index in [0.29, 0.717) is 0 Å². The van der Waals surface area contributed by atoms with E-state index < -0.39 is 0 Å². The Morgan fingerprint density at radius 3 is 2.00 bits per heavy atom. The Bertz CT molecular complexity index is 4010. The number of unbranched alkanes of at least 4 members (excludes halogenated alkanes) is 1. The molecule has 2 aromatic heterocycles. The molecule has 0 saturated heterocycles. The van der Waals surface area contributed by atoms with Gasteiger partial charge in [-0.3, -0.25) is 0 Å². The quantitative estimate of drug-likeness (QED) is 0.111. The molecule has 1 N–H and O–H groups in total. The summed E-state index contributed by atoms with van der Waals surface area (Å²) in [5.41, 5.74) is 20.2. The number of nitrogens with one attached hydrogen (secondary N) is 1. The van der Waals surface area contributed by atoms with Crippen LogP contribution < -0.4 is 10.1 Å². The van der Waals surface area contributed by atoms with E-state index in [9.17, 15) is 0 Å². The van der Waals surface area contributed by atoms with Gasteiger partial charge >= 0.3 is 0 Å². The van der Waals surface area contributed by atoms with Crippen LogP contribution in [0.5, 0.6) is 5.75 Å². The maximum Gasteiger partial charge on any atom is 0.140 e. The lowest BCUT2D eigenvalue weighted by atomic mass is 9.89. The Labute approximate surface area is 446 Å². The highest BCUT2D eigenvalue weighted by atomic mass is 16.5.